The standard InChI is InChI=1S/C20H26F2N4O6/c1-11(2)10-26-16(23)15(17(27)24-20(26)29)25(7-8-30-3)18(28)12-5-6-13(32-19(21)22)14(9-12)31-4/h5-6,9,11,19H,7-8,10,23H2,1-4H3,(H,24,27,29). The van der Waals surface area contributed by atoms with Gasteiger partial charge in [0.05, 0.1) is 13.7 Å². The van der Waals surface area contributed by atoms with Gasteiger partial charge in [0, 0.05) is 25.8 Å². The molecule has 0 aliphatic rings. The van der Waals surface area contributed by atoms with Crippen molar-refractivity contribution >= 4 is 17.4 Å². The van der Waals surface area contributed by atoms with Crippen molar-refractivity contribution in [3.05, 3.63) is 44.6 Å². The van der Waals surface area contributed by atoms with Crippen LogP contribution in [0.5, 0.6) is 11.5 Å². The number of amides is 1. The number of rotatable bonds is 10. The van der Waals surface area contributed by atoms with Gasteiger partial charge >= 0.3 is 12.3 Å². The van der Waals surface area contributed by atoms with Crippen LogP contribution in [0, 0.1) is 5.92 Å². The molecule has 0 spiro atoms. The average molecular weight is 456 g/mol. The molecule has 0 unspecified atom stereocenters. The number of aromatic nitrogens is 2. The Labute approximate surface area is 182 Å². The molecule has 12 heteroatoms. The summed E-state index contributed by atoms with van der Waals surface area (Å²) in [6.07, 6.45) is 0. The molecule has 3 N–H and O–H groups in total. The minimum atomic E-state index is -3.08. The van der Waals surface area contributed by atoms with Gasteiger partial charge in [-0.15, -0.1) is 0 Å². The van der Waals surface area contributed by atoms with Gasteiger partial charge < -0.3 is 19.9 Å². The second-order valence-corrected chi connectivity index (χ2v) is 7.19. The van der Waals surface area contributed by atoms with E-state index in [1.165, 1.54) is 30.9 Å². The molecule has 0 radical (unpaired) electrons. The molecule has 0 aliphatic heterocycles. The lowest BCUT2D eigenvalue weighted by atomic mass is 10.1. The molecule has 2 rings (SSSR count). The molecule has 1 amide bonds. The molecule has 1 aromatic heterocycles. The Morgan fingerprint density at radius 3 is 2.47 bits per heavy atom. The highest BCUT2D eigenvalue weighted by molar-refractivity contribution is 6.07. The minimum absolute atomic E-state index is 0.0139. The van der Waals surface area contributed by atoms with Gasteiger partial charge in [-0.2, -0.15) is 8.78 Å². The zero-order valence-electron chi connectivity index (χ0n) is 18.2. The number of nitrogens with zero attached hydrogens (tertiary/aromatic N) is 2. The number of benzene rings is 1. The van der Waals surface area contributed by atoms with Crippen molar-refractivity contribution < 1.29 is 27.8 Å². The Morgan fingerprint density at radius 2 is 1.91 bits per heavy atom. The van der Waals surface area contributed by atoms with E-state index in [0.717, 1.165) is 11.0 Å². The molecule has 0 fully saturated rings. The smallest absolute Gasteiger partial charge is 0.387 e. The van der Waals surface area contributed by atoms with Gasteiger partial charge in [0.2, 0.25) is 0 Å². The molecule has 0 atom stereocenters. The van der Waals surface area contributed by atoms with Crippen LogP contribution in [0.15, 0.2) is 27.8 Å². The van der Waals surface area contributed by atoms with Crippen molar-refractivity contribution in [1.82, 2.24) is 9.55 Å². The van der Waals surface area contributed by atoms with E-state index in [4.69, 9.17) is 15.2 Å². The van der Waals surface area contributed by atoms with E-state index in [9.17, 15) is 23.2 Å². The summed E-state index contributed by atoms with van der Waals surface area (Å²) in [7, 11) is 2.64. The summed E-state index contributed by atoms with van der Waals surface area (Å²) in [6.45, 7) is 0.843. The molecule has 2 aromatic rings. The van der Waals surface area contributed by atoms with E-state index in [-0.39, 0.29) is 54.2 Å². The molecular weight excluding hydrogens is 430 g/mol. The fraction of sp³-hybridized carbons (Fsp3) is 0.450. The first-order chi connectivity index (χ1) is 15.1. The number of halogens is 2. The number of anilines is 2. The van der Waals surface area contributed by atoms with Crippen molar-refractivity contribution in [2.24, 2.45) is 5.92 Å². The summed E-state index contributed by atoms with van der Waals surface area (Å²) in [5.41, 5.74) is 4.39. The van der Waals surface area contributed by atoms with Crippen molar-refractivity contribution in [2.75, 3.05) is 38.0 Å². The van der Waals surface area contributed by atoms with Crippen LogP contribution in [0.25, 0.3) is 0 Å². The Morgan fingerprint density at radius 1 is 1.22 bits per heavy atom. The van der Waals surface area contributed by atoms with Crippen LogP contribution in [0.1, 0.15) is 24.2 Å². The third-order valence-electron chi connectivity index (χ3n) is 4.42. The van der Waals surface area contributed by atoms with Crippen LogP contribution < -0.4 is 31.4 Å². The number of methoxy groups -OCH3 is 2. The van der Waals surface area contributed by atoms with Gasteiger partial charge in [-0.3, -0.25) is 24.0 Å². The number of nitrogens with one attached hydrogen (secondary N) is 1. The maximum absolute atomic E-state index is 13.3. The third-order valence-corrected chi connectivity index (χ3v) is 4.42. The van der Waals surface area contributed by atoms with Crippen molar-refractivity contribution in [1.29, 1.82) is 0 Å². The quantitative estimate of drug-likeness (QED) is 0.556. The second kappa shape index (κ2) is 10.8. The molecule has 0 aliphatic carbocycles. The maximum atomic E-state index is 13.3. The number of ether oxygens (including phenoxy) is 3. The molecule has 32 heavy (non-hydrogen) atoms. The van der Waals surface area contributed by atoms with E-state index in [0.29, 0.717) is 0 Å². The molecule has 10 nitrogen and oxygen atoms in total. The molecule has 0 saturated carbocycles. The average Bonchev–Trinajstić information content (AvgIpc) is 2.72. The number of hydrogen-bond acceptors (Lipinski definition) is 7. The zero-order chi connectivity index (χ0) is 24.0. The van der Waals surface area contributed by atoms with Gasteiger partial charge in [-0.1, -0.05) is 13.8 Å². The lowest BCUT2D eigenvalue weighted by Gasteiger charge is -2.25. The van der Waals surface area contributed by atoms with E-state index in [1.807, 2.05) is 13.8 Å². The van der Waals surface area contributed by atoms with Gasteiger partial charge in [-0.05, 0) is 24.1 Å². The lowest BCUT2D eigenvalue weighted by Crippen LogP contribution is -2.42. The van der Waals surface area contributed by atoms with Gasteiger partial charge in [-0.25, -0.2) is 4.79 Å². The number of alkyl halides is 2. The Bertz CT molecular complexity index is 1070. The van der Waals surface area contributed by atoms with Crippen molar-refractivity contribution in [3.63, 3.8) is 0 Å². The molecule has 1 heterocycles. The molecule has 0 saturated heterocycles. The first-order valence-corrected chi connectivity index (χ1v) is 9.66. The molecular formula is C20H26F2N4O6. The Balaban J connectivity index is 2.59. The van der Waals surface area contributed by atoms with Crippen LogP contribution in [0.4, 0.5) is 20.3 Å². The summed E-state index contributed by atoms with van der Waals surface area (Å²) in [5.74, 6) is -1.19. The summed E-state index contributed by atoms with van der Waals surface area (Å²) in [5, 5.41) is 0. The van der Waals surface area contributed by atoms with Crippen LogP contribution in [0.2, 0.25) is 0 Å². The molecule has 176 valence electrons. The first kappa shape index (κ1) is 24.9. The second-order valence-electron chi connectivity index (χ2n) is 7.19. The van der Waals surface area contributed by atoms with E-state index >= 15 is 0 Å². The monoisotopic (exact) mass is 456 g/mol. The van der Waals surface area contributed by atoms with Crippen molar-refractivity contribution in [3.8, 4) is 11.5 Å². The van der Waals surface area contributed by atoms with Gasteiger partial charge in [0.25, 0.3) is 11.5 Å². The first-order valence-electron chi connectivity index (χ1n) is 9.66. The maximum Gasteiger partial charge on any atom is 0.387 e. The third kappa shape index (κ3) is 5.63. The van der Waals surface area contributed by atoms with Gasteiger partial charge in [0.15, 0.2) is 17.2 Å². The Kier molecular flexibility index (Phi) is 8.35. The fourth-order valence-electron chi connectivity index (χ4n) is 3.03. The van der Waals surface area contributed by atoms with Gasteiger partial charge in [0.1, 0.15) is 5.82 Å². The van der Waals surface area contributed by atoms with Crippen LogP contribution in [0.3, 0.4) is 0 Å². The number of hydrogen-bond donors (Lipinski definition) is 2. The highest BCUT2D eigenvalue weighted by Gasteiger charge is 2.26. The van der Waals surface area contributed by atoms with E-state index in [2.05, 4.69) is 9.72 Å². The number of carbonyl (C=O) groups is 1. The van der Waals surface area contributed by atoms with Crippen LogP contribution in [-0.2, 0) is 11.3 Å². The number of carbonyl (C=O) groups excluding carboxylic acids is 1. The summed E-state index contributed by atoms with van der Waals surface area (Å²) in [4.78, 5) is 41.4. The largest absolute Gasteiger partial charge is 0.493 e. The SMILES string of the molecule is COCCN(C(=O)c1ccc(OC(F)F)c(OC)c1)c1c(N)n(CC(C)C)c(=O)[nH]c1=O. The summed E-state index contributed by atoms with van der Waals surface area (Å²) in [6, 6.07) is 3.60. The normalized spacial score (nSPS) is 11.1. The van der Waals surface area contributed by atoms with E-state index in [1.54, 1.807) is 0 Å². The highest BCUT2D eigenvalue weighted by atomic mass is 19.3. The van der Waals surface area contributed by atoms with Crippen molar-refractivity contribution in [2.45, 2.75) is 27.0 Å². The zero-order valence-corrected chi connectivity index (χ0v) is 18.2. The summed E-state index contributed by atoms with van der Waals surface area (Å²) >= 11 is 0. The van der Waals surface area contributed by atoms with Crippen LogP contribution >= 0.6 is 0 Å². The molecule has 1 aromatic carbocycles. The predicted molar refractivity (Wildman–Crippen MR) is 114 cm³/mol. The minimum Gasteiger partial charge on any atom is -0.493 e. The highest BCUT2D eigenvalue weighted by Crippen LogP contribution is 2.30. The van der Waals surface area contributed by atoms with Crippen LogP contribution in [-0.4, -0.2) is 49.4 Å². The number of nitrogen functional groups attached to an aromatic ring is 1. The number of H-pyrrole nitrogens is 1. The Hall–Kier alpha value is -3.41. The molecule has 0 bridgehead atoms. The number of nitrogens with two attached hydrogens (primary N) is 1. The van der Waals surface area contributed by atoms with E-state index < -0.39 is 23.8 Å². The number of aromatic amines is 1. The lowest BCUT2D eigenvalue weighted by molar-refractivity contribution is -0.0512. The predicted octanol–water partition coefficient (Wildman–Crippen LogP) is 1.68. The topological polar surface area (TPSA) is 129 Å². The fourth-order valence-corrected chi connectivity index (χ4v) is 3.03. The summed E-state index contributed by atoms with van der Waals surface area (Å²) < 4.78 is 40.8.